The minimum Gasteiger partial charge on any atom is -0.373 e. The number of morpholine rings is 1. The fraction of sp³-hybridized carbons (Fsp3) is 0.462. The van der Waals surface area contributed by atoms with Gasteiger partial charge in [0.2, 0.25) is 10.0 Å². The number of ether oxygens (including phenoxy) is 1. The van der Waals surface area contributed by atoms with Crippen LogP contribution >= 0.6 is 11.3 Å². The average Bonchev–Trinajstić information content (AvgIpc) is 3.25. The number of benzene rings is 2. The van der Waals surface area contributed by atoms with Crippen LogP contribution in [-0.2, 0) is 14.8 Å². The van der Waals surface area contributed by atoms with Crippen LogP contribution in [0.5, 0.6) is 0 Å². The highest BCUT2D eigenvalue weighted by atomic mass is 32.2. The molecule has 1 fully saturated rings. The van der Waals surface area contributed by atoms with Crippen LogP contribution in [0.4, 0.5) is 5.13 Å². The molecule has 1 aromatic heterocycles. The van der Waals surface area contributed by atoms with Crippen molar-refractivity contribution in [2.75, 3.05) is 45.2 Å². The molecule has 1 saturated heterocycles. The summed E-state index contributed by atoms with van der Waals surface area (Å²) in [5.74, 6) is -0.206. The number of aryl methyl sites for hydroxylation is 2. The number of anilines is 1. The third-order valence-electron chi connectivity index (χ3n) is 6.45. The highest BCUT2D eigenvalue weighted by molar-refractivity contribution is 7.89. The zero-order valence-corrected chi connectivity index (χ0v) is 23.3. The van der Waals surface area contributed by atoms with Gasteiger partial charge in [-0.2, -0.15) is 4.31 Å². The predicted molar refractivity (Wildman–Crippen MR) is 145 cm³/mol. The van der Waals surface area contributed by atoms with E-state index in [2.05, 4.69) is 13.0 Å². The topological polar surface area (TPSA) is 83.1 Å². The number of carbonyl (C=O) groups is 1. The molecule has 1 aliphatic rings. The number of amides is 1. The molecule has 36 heavy (non-hydrogen) atoms. The number of sulfonamides is 1. The lowest BCUT2D eigenvalue weighted by Gasteiger charge is -2.34. The molecule has 0 radical (unpaired) electrons. The molecule has 2 heterocycles. The molecule has 2 atom stereocenters. The molecular weight excluding hydrogens is 496 g/mol. The normalized spacial score (nSPS) is 19.2. The van der Waals surface area contributed by atoms with E-state index in [-0.39, 0.29) is 23.0 Å². The average molecular weight is 531 g/mol. The van der Waals surface area contributed by atoms with Crippen molar-refractivity contribution in [1.82, 2.24) is 14.2 Å². The number of thiazole rings is 1. The third-order valence-corrected chi connectivity index (χ3v) is 9.33. The molecule has 0 aliphatic carbocycles. The summed E-state index contributed by atoms with van der Waals surface area (Å²) in [5, 5.41) is 0.638. The second-order valence-electron chi connectivity index (χ2n) is 9.71. The van der Waals surface area contributed by atoms with Gasteiger partial charge in [0.15, 0.2) is 5.13 Å². The number of carbonyl (C=O) groups excluding carboxylic acids is 1. The van der Waals surface area contributed by atoms with E-state index in [1.54, 1.807) is 17.0 Å². The van der Waals surface area contributed by atoms with Crippen LogP contribution in [0, 0.1) is 13.8 Å². The van der Waals surface area contributed by atoms with Crippen LogP contribution in [0.15, 0.2) is 41.3 Å². The first-order chi connectivity index (χ1) is 17.0. The van der Waals surface area contributed by atoms with Crippen molar-refractivity contribution in [2.24, 2.45) is 0 Å². The van der Waals surface area contributed by atoms with Gasteiger partial charge in [-0.3, -0.25) is 9.69 Å². The largest absolute Gasteiger partial charge is 0.373 e. The fourth-order valence-electron chi connectivity index (χ4n) is 4.32. The van der Waals surface area contributed by atoms with Crippen LogP contribution in [0.3, 0.4) is 0 Å². The van der Waals surface area contributed by atoms with Crippen molar-refractivity contribution in [1.29, 1.82) is 0 Å². The summed E-state index contributed by atoms with van der Waals surface area (Å²) >= 11 is 1.49. The molecule has 194 valence electrons. The number of hydrogen-bond donors (Lipinski definition) is 0. The maximum absolute atomic E-state index is 13.6. The lowest BCUT2D eigenvalue weighted by Crippen LogP contribution is -2.48. The standard InChI is InChI=1S/C26H34N4O4S2/c1-17-7-12-23-24(20(17)4)27-26(35-23)30(14-13-28(5)6)25(31)21-8-10-22(11-9-21)36(32,33)29-15-18(2)34-19(3)16-29/h7-12,18-19H,13-16H2,1-6H3/t18-,19-/m1/s1. The van der Waals surface area contributed by atoms with Gasteiger partial charge in [-0.05, 0) is 83.2 Å². The third kappa shape index (κ3) is 5.47. The van der Waals surface area contributed by atoms with Crippen molar-refractivity contribution in [3.8, 4) is 0 Å². The molecule has 0 N–H and O–H groups in total. The summed E-state index contributed by atoms with van der Waals surface area (Å²) in [6.07, 6.45) is -0.341. The Morgan fingerprint density at radius 1 is 1.06 bits per heavy atom. The lowest BCUT2D eigenvalue weighted by molar-refractivity contribution is -0.0440. The monoisotopic (exact) mass is 530 g/mol. The minimum absolute atomic E-state index is 0.170. The van der Waals surface area contributed by atoms with Crippen LogP contribution in [-0.4, -0.2) is 81.0 Å². The smallest absolute Gasteiger partial charge is 0.260 e. The molecule has 0 unspecified atom stereocenters. The summed E-state index contributed by atoms with van der Waals surface area (Å²) in [7, 11) is 0.241. The summed E-state index contributed by atoms with van der Waals surface area (Å²) in [5.41, 5.74) is 3.60. The highest BCUT2D eigenvalue weighted by Crippen LogP contribution is 2.33. The molecule has 2 aromatic carbocycles. The fourth-order valence-corrected chi connectivity index (χ4v) is 6.96. The van der Waals surface area contributed by atoms with E-state index in [0.29, 0.717) is 36.9 Å². The molecule has 4 rings (SSSR count). The zero-order valence-electron chi connectivity index (χ0n) is 21.7. The molecule has 0 saturated carbocycles. The molecule has 3 aromatic rings. The van der Waals surface area contributed by atoms with Gasteiger partial charge >= 0.3 is 0 Å². The van der Waals surface area contributed by atoms with Gasteiger partial charge in [-0.1, -0.05) is 17.4 Å². The van der Waals surface area contributed by atoms with Crippen molar-refractivity contribution in [3.63, 3.8) is 0 Å². The van der Waals surface area contributed by atoms with Gasteiger partial charge in [0.05, 0.1) is 27.3 Å². The maximum atomic E-state index is 13.6. The van der Waals surface area contributed by atoms with Gasteiger partial charge in [0, 0.05) is 31.7 Å². The van der Waals surface area contributed by atoms with Crippen molar-refractivity contribution >= 4 is 42.6 Å². The quantitative estimate of drug-likeness (QED) is 0.461. The molecular formula is C26H34N4O4S2. The minimum atomic E-state index is -3.68. The first-order valence-electron chi connectivity index (χ1n) is 12.1. The van der Waals surface area contributed by atoms with Gasteiger partial charge in [0.1, 0.15) is 0 Å². The summed E-state index contributed by atoms with van der Waals surface area (Å²) in [6, 6.07) is 10.3. The van der Waals surface area contributed by atoms with E-state index >= 15 is 0 Å². The van der Waals surface area contributed by atoms with Gasteiger partial charge in [-0.25, -0.2) is 13.4 Å². The molecule has 0 bridgehead atoms. The molecule has 0 spiro atoms. The van der Waals surface area contributed by atoms with Crippen molar-refractivity contribution in [3.05, 3.63) is 53.1 Å². The predicted octanol–water partition coefficient (Wildman–Crippen LogP) is 3.92. The highest BCUT2D eigenvalue weighted by Gasteiger charge is 2.32. The van der Waals surface area contributed by atoms with E-state index in [1.807, 2.05) is 45.8 Å². The Morgan fingerprint density at radius 3 is 2.31 bits per heavy atom. The number of aromatic nitrogens is 1. The Labute approximate surface area is 217 Å². The molecule has 1 aliphatic heterocycles. The molecule has 10 heteroatoms. The number of rotatable bonds is 7. The van der Waals surface area contributed by atoms with Gasteiger partial charge in [0.25, 0.3) is 5.91 Å². The first-order valence-corrected chi connectivity index (χ1v) is 14.3. The number of nitrogens with zero attached hydrogens (tertiary/aromatic N) is 4. The summed E-state index contributed by atoms with van der Waals surface area (Å²) in [6.45, 7) is 9.58. The van der Waals surface area contributed by atoms with Crippen LogP contribution < -0.4 is 4.90 Å². The molecule has 8 nitrogen and oxygen atoms in total. The van der Waals surface area contributed by atoms with E-state index < -0.39 is 10.0 Å². The molecule has 1 amide bonds. The second kappa shape index (κ2) is 10.5. The van der Waals surface area contributed by atoms with E-state index in [1.165, 1.54) is 27.8 Å². The Morgan fingerprint density at radius 2 is 1.69 bits per heavy atom. The van der Waals surface area contributed by atoms with Crippen LogP contribution in [0.2, 0.25) is 0 Å². The van der Waals surface area contributed by atoms with Crippen LogP contribution in [0.1, 0.15) is 35.3 Å². The Kier molecular flexibility index (Phi) is 7.82. The summed E-state index contributed by atoms with van der Waals surface area (Å²) in [4.78, 5) is 22.3. The SMILES string of the molecule is Cc1ccc2sc(N(CCN(C)C)C(=O)c3ccc(S(=O)(=O)N4C[C@@H](C)O[C@H](C)C4)cc3)nc2c1C. The first kappa shape index (κ1) is 26.7. The Balaban J connectivity index is 1.63. The van der Waals surface area contributed by atoms with Crippen molar-refractivity contribution < 1.29 is 17.9 Å². The van der Waals surface area contributed by atoms with E-state index in [0.717, 1.165) is 21.3 Å². The summed E-state index contributed by atoms with van der Waals surface area (Å²) < 4.78 is 34.6. The van der Waals surface area contributed by atoms with E-state index in [9.17, 15) is 13.2 Å². The van der Waals surface area contributed by atoms with Gasteiger partial charge < -0.3 is 9.64 Å². The Hall–Kier alpha value is -2.37. The zero-order chi connectivity index (χ0) is 26.2. The van der Waals surface area contributed by atoms with Crippen LogP contribution in [0.25, 0.3) is 10.2 Å². The Bertz CT molecular complexity index is 1340. The lowest BCUT2D eigenvalue weighted by atomic mass is 10.1. The second-order valence-corrected chi connectivity index (χ2v) is 12.7. The number of hydrogen-bond acceptors (Lipinski definition) is 7. The van der Waals surface area contributed by atoms with Gasteiger partial charge in [-0.15, -0.1) is 0 Å². The number of likely N-dealkylation sites (N-methyl/N-ethyl adjacent to an activating group) is 1. The van der Waals surface area contributed by atoms with Crippen molar-refractivity contribution in [2.45, 2.75) is 44.8 Å². The maximum Gasteiger partial charge on any atom is 0.260 e. The number of fused-ring (bicyclic) bond motifs is 1. The van der Waals surface area contributed by atoms with E-state index in [4.69, 9.17) is 9.72 Å².